The Bertz CT molecular complexity index is 909. The quantitative estimate of drug-likeness (QED) is 0.120. The summed E-state index contributed by atoms with van der Waals surface area (Å²) in [6, 6.07) is 10.1. The van der Waals surface area contributed by atoms with Crippen LogP contribution in [0.3, 0.4) is 0 Å². The maximum atomic E-state index is 12.9. The number of hydrogen-bond acceptors (Lipinski definition) is 2. The van der Waals surface area contributed by atoms with E-state index < -0.39 is 0 Å². The van der Waals surface area contributed by atoms with E-state index in [2.05, 4.69) is 55.8 Å². The van der Waals surface area contributed by atoms with Crippen LogP contribution >= 0.6 is 0 Å². The summed E-state index contributed by atoms with van der Waals surface area (Å²) < 4.78 is 8.16. The largest absolute Gasteiger partial charge is 0.494 e. The van der Waals surface area contributed by atoms with Crippen LogP contribution in [0.4, 0.5) is 0 Å². The first-order valence-corrected chi connectivity index (χ1v) is 16.1. The smallest absolute Gasteiger partial charge is 0.252 e. The normalized spacial score (nSPS) is 11.9. The molecule has 0 saturated carbocycles. The van der Waals surface area contributed by atoms with Crippen LogP contribution in [0.5, 0.6) is 5.75 Å². The van der Waals surface area contributed by atoms with Gasteiger partial charge in [0, 0.05) is 18.6 Å². The highest BCUT2D eigenvalue weighted by molar-refractivity contribution is 5.94. The van der Waals surface area contributed by atoms with Crippen molar-refractivity contribution in [1.29, 1.82) is 0 Å². The number of aromatic nitrogens is 1. The molecule has 0 radical (unpaired) electrons. The van der Waals surface area contributed by atoms with Crippen LogP contribution in [-0.4, -0.2) is 12.5 Å². The molecule has 4 nitrogen and oxygen atoms in total. The Hall–Kier alpha value is -2.36. The van der Waals surface area contributed by atoms with Crippen molar-refractivity contribution in [1.82, 2.24) is 5.32 Å². The number of benzene rings is 1. The van der Waals surface area contributed by atoms with Gasteiger partial charge in [-0.2, -0.15) is 0 Å². The predicted molar refractivity (Wildman–Crippen MR) is 164 cm³/mol. The molecule has 4 heteroatoms. The first-order valence-electron chi connectivity index (χ1n) is 16.1. The van der Waals surface area contributed by atoms with Crippen molar-refractivity contribution < 1.29 is 14.1 Å². The van der Waals surface area contributed by atoms with Crippen molar-refractivity contribution in [3.63, 3.8) is 0 Å². The minimum absolute atomic E-state index is 0.0136. The second-order valence-electron chi connectivity index (χ2n) is 11.2. The van der Waals surface area contributed by atoms with Gasteiger partial charge in [0.05, 0.1) is 18.2 Å². The maximum absolute atomic E-state index is 12.9. The Morgan fingerprint density at radius 2 is 1.33 bits per heavy atom. The van der Waals surface area contributed by atoms with Crippen LogP contribution in [0.2, 0.25) is 0 Å². The highest BCUT2D eigenvalue weighted by Crippen LogP contribution is 2.25. The number of rotatable bonds is 22. The van der Waals surface area contributed by atoms with E-state index in [9.17, 15) is 4.79 Å². The van der Waals surface area contributed by atoms with Gasteiger partial charge in [0.15, 0.2) is 12.4 Å². The molecule has 1 N–H and O–H groups in total. The van der Waals surface area contributed by atoms with E-state index in [0.29, 0.717) is 5.56 Å². The van der Waals surface area contributed by atoms with Crippen molar-refractivity contribution in [2.45, 2.75) is 143 Å². The van der Waals surface area contributed by atoms with Gasteiger partial charge in [-0.05, 0) is 43.0 Å². The molecule has 0 spiro atoms. The second kappa shape index (κ2) is 20.5. The zero-order valence-corrected chi connectivity index (χ0v) is 25.6. The topological polar surface area (TPSA) is 42.2 Å². The van der Waals surface area contributed by atoms with Gasteiger partial charge in [-0.3, -0.25) is 4.79 Å². The Balaban J connectivity index is 1.61. The van der Waals surface area contributed by atoms with Gasteiger partial charge in [0.25, 0.3) is 5.91 Å². The van der Waals surface area contributed by atoms with Gasteiger partial charge in [0.1, 0.15) is 12.3 Å². The number of carbonyl (C=O) groups excluding carboxylic acids is 1. The molecule has 0 aliphatic rings. The van der Waals surface area contributed by atoms with Crippen LogP contribution in [0.1, 0.15) is 151 Å². The summed E-state index contributed by atoms with van der Waals surface area (Å²) >= 11 is 0. The number of aryl methyl sites for hydroxylation is 2. The Morgan fingerprint density at radius 3 is 1.85 bits per heavy atom. The predicted octanol–water partition coefficient (Wildman–Crippen LogP) is 9.43. The minimum atomic E-state index is -0.0250. The molecule has 2 rings (SSSR count). The number of pyridine rings is 1. The van der Waals surface area contributed by atoms with E-state index in [-0.39, 0.29) is 11.9 Å². The summed E-state index contributed by atoms with van der Waals surface area (Å²) in [6.07, 6.45) is 25.0. The number of nitrogens with one attached hydrogen (secondary N) is 1. The molecule has 0 saturated heterocycles. The molecule has 39 heavy (non-hydrogen) atoms. The molecule has 1 aromatic carbocycles. The van der Waals surface area contributed by atoms with Gasteiger partial charge in [-0.15, -0.1) is 0 Å². The first-order chi connectivity index (χ1) is 19.1. The number of ether oxygens (including phenoxy) is 1. The Morgan fingerprint density at radius 1 is 0.769 bits per heavy atom. The molecular formula is C35H57N2O2+. The summed E-state index contributed by atoms with van der Waals surface area (Å²) in [6.45, 7) is 10.4. The molecular weight excluding hydrogens is 480 g/mol. The second-order valence-corrected chi connectivity index (χ2v) is 11.2. The lowest BCUT2D eigenvalue weighted by Crippen LogP contribution is -2.34. The minimum Gasteiger partial charge on any atom is -0.494 e. The molecule has 1 heterocycles. The van der Waals surface area contributed by atoms with Crippen LogP contribution in [0.15, 0.2) is 42.7 Å². The fourth-order valence-electron chi connectivity index (χ4n) is 5.27. The molecule has 0 aliphatic carbocycles. The highest BCUT2D eigenvalue weighted by atomic mass is 16.5. The van der Waals surface area contributed by atoms with Crippen molar-refractivity contribution in [2.24, 2.45) is 0 Å². The van der Waals surface area contributed by atoms with E-state index >= 15 is 0 Å². The maximum Gasteiger partial charge on any atom is 0.252 e. The van der Waals surface area contributed by atoms with E-state index in [1.807, 2.05) is 24.5 Å². The summed E-state index contributed by atoms with van der Waals surface area (Å²) in [7, 11) is 0. The van der Waals surface area contributed by atoms with Crippen molar-refractivity contribution >= 4 is 5.91 Å². The standard InChI is InChI=1S/C35H56N2O2/c1-5-8-9-10-11-12-13-14-15-16-17-18-19-20-28-39-32-21-22-33(30(4)29-32)34(7-3)36-35(38)31-23-26-37(25-6-2)27-24-31/h21-24,26-27,29,34H,5-20,25,28H2,1-4H3/p+1. The van der Waals surface area contributed by atoms with E-state index in [0.717, 1.165) is 49.3 Å². The molecule has 1 unspecified atom stereocenters. The lowest BCUT2D eigenvalue weighted by Gasteiger charge is -2.20. The van der Waals surface area contributed by atoms with Crippen molar-refractivity contribution in [3.05, 3.63) is 59.4 Å². The molecule has 0 aliphatic heterocycles. The summed E-state index contributed by atoms with van der Waals surface area (Å²) in [4.78, 5) is 12.9. The number of amides is 1. The SMILES string of the molecule is CCCCCCCCCCCCCCCCOc1ccc(C(CC)NC(=O)c2cc[n+](CCC)cc2)c(C)c1. The molecule has 218 valence electrons. The third kappa shape index (κ3) is 13.5. The fourth-order valence-corrected chi connectivity index (χ4v) is 5.27. The molecule has 1 atom stereocenters. The number of hydrogen-bond donors (Lipinski definition) is 1. The summed E-state index contributed by atoms with van der Waals surface area (Å²) in [5, 5.41) is 3.22. The summed E-state index contributed by atoms with van der Waals surface area (Å²) in [5.41, 5.74) is 3.02. The molecule has 1 aromatic heterocycles. The zero-order chi connectivity index (χ0) is 28.1. The first kappa shape index (κ1) is 32.8. The third-order valence-corrected chi connectivity index (χ3v) is 7.73. The third-order valence-electron chi connectivity index (χ3n) is 7.73. The van der Waals surface area contributed by atoms with Gasteiger partial charge in [0.2, 0.25) is 0 Å². The molecule has 1 amide bonds. The van der Waals surface area contributed by atoms with Crippen LogP contribution in [0, 0.1) is 6.92 Å². The van der Waals surface area contributed by atoms with E-state index in [4.69, 9.17) is 4.74 Å². The highest BCUT2D eigenvalue weighted by Gasteiger charge is 2.17. The number of carbonyl (C=O) groups is 1. The average molecular weight is 538 g/mol. The molecule has 0 fully saturated rings. The average Bonchev–Trinajstić information content (AvgIpc) is 2.94. The van der Waals surface area contributed by atoms with Gasteiger partial charge >= 0.3 is 0 Å². The van der Waals surface area contributed by atoms with Crippen LogP contribution < -0.4 is 14.6 Å². The number of nitrogens with zero attached hydrogens (tertiary/aromatic N) is 1. The van der Waals surface area contributed by atoms with Gasteiger partial charge in [-0.1, -0.05) is 110 Å². The molecule has 2 aromatic rings. The van der Waals surface area contributed by atoms with E-state index in [1.54, 1.807) is 0 Å². The van der Waals surface area contributed by atoms with Gasteiger partial charge < -0.3 is 10.1 Å². The van der Waals surface area contributed by atoms with Crippen molar-refractivity contribution in [3.8, 4) is 5.75 Å². The monoisotopic (exact) mass is 537 g/mol. The van der Waals surface area contributed by atoms with Gasteiger partial charge in [-0.25, -0.2) is 4.57 Å². The summed E-state index contributed by atoms with van der Waals surface area (Å²) in [5.74, 6) is 0.902. The fraction of sp³-hybridized carbons (Fsp3) is 0.657. The lowest BCUT2D eigenvalue weighted by molar-refractivity contribution is -0.697. The Labute approximate surface area is 240 Å². The van der Waals surface area contributed by atoms with E-state index in [1.165, 1.54) is 83.5 Å². The van der Waals surface area contributed by atoms with Crippen LogP contribution in [-0.2, 0) is 6.54 Å². The Kier molecular flexibility index (Phi) is 17.3. The van der Waals surface area contributed by atoms with Crippen LogP contribution in [0.25, 0.3) is 0 Å². The van der Waals surface area contributed by atoms with Crippen molar-refractivity contribution in [2.75, 3.05) is 6.61 Å². The molecule has 0 bridgehead atoms. The lowest BCUT2D eigenvalue weighted by atomic mass is 9.98. The zero-order valence-electron chi connectivity index (χ0n) is 25.6. The number of unbranched alkanes of at least 4 members (excludes halogenated alkanes) is 13.